The summed E-state index contributed by atoms with van der Waals surface area (Å²) in [5.74, 6) is -3.00. The lowest BCUT2D eigenvalue weighted by molar-refractivity contribution is -0.128. The molecule has 5 nitrogen and oxygen atoms in total. The van der Waals surface area contributed by atoms with Crippen molar-refractivity contribution in [2.75, 3.05) is 7.05 Å². The third-order valence-corrected chi connectivity index (χ3v) is 5.09. The van der Waals surface area contributed by atoms with Gasteiger partial charge in [0.1, 0.15) is 6.04 Å². The van der Waals surface area contributed by atoms with Gasteiger partial charge >= 0.3 is 0 Å². The predicted molar refractivity (Wildman–Crippen MR) is 99.2 cm³/mol. The first kappa shape index (κ1) is 18.9. The van der Waals surface area contributed by atoms with Gasteiger partial charge < -0.3 is 10.6 Å². The van der Waals surface area contributed by atoms with Crippen LogP contribution in [-0.2, 0) is 16.0 Å². The number of para-hydroxylation sites is 1. The van der Waals surface area contributed by atoms with Crippen LogP contribution in [0.25, 0.3) is 10.2 Å². The van der Waals surface area contributed by atoms with Crippen molar-refractivity contribution in [3.8, 4) is 0 Å². The van der Waals surface area contributed by atoms with Gasteiger partial charge in [-0.15, -0.1) is 11.3 Å². The number of amides is 2. The van der Waals surface area contributed by atoms with E-state index in [9.17, 15) is 18.4 Å². The zero-order valence-electron chi connectivity index (χ0n) is 14.5. The van der Waals surface area contributed by atoms with Crippen LogP contribution >= 0.6 is 11.3 Å². The predicted octanol–water partition coefficient (Wildman–Crippen LogP) is 3.11. The Morgan fingerprint density at radius 1 is 1.15 bits per heavy atom. The van der Waals surface area contributed by atoms with Gasteiger partial charge in [0.25, 0.3) is 0 Å². The van der Waals surface area contributed by atoms with Gasteiger partial charge in [-0.2, -0.15) is 0 Å². The minimum Gasteiger partial charge on any atom is -0.357 e. The van der Waals surface area contributed by atoms with Crippen LogP contribution in [0.1, 0.15) is 23.0 Å². The van der Waals surface area contributed by atoms with Gasteiger partial charge in [0.05, 0.1) is 15.2 Å². The molecule has 1 atom stereocenters. The zero-order valence-corrected chi connectivity index (χ0v) is 15.3. The van der Waals surface area contributed by atoms with Crippen molar-refractivity contribution in [2.45, 2.75) is 18.9 Å². The van der Waals surface area contributed by atoms with Gasteiger partial charge in [0.2, 0.25) is 11.8 Å². The molecule has 140 valence electrons. The molecule has 8 heteroatoms. The highest BCUT2D eigenvalue weighted by molar-refractivity contribution is 7.18. The second-order valence-electron chi connectivity index (χ2n) is 5.86. The van der Waals surface area contributed by atoms with Crippen LogP contribution in [0.5, 0.6) is 0 Å². The Labute approximate surface area is 158 Å². The van der Waals surface area contributed by atoms with Crippen LogP contribution in [0.2, 0.25) is 0 Å². The number of halogens is 2. The SMILES string of the molecule is CNC(=O)C(NC(=O)CCc1nc2ccccc2s1)c1ccc(F)c(F)c1. The molecule has 3 rings (SSSR count). The van der Waals surface area contributed by atoms with Crippen molar-refractivity contribution in [3.05, 3.63) is 64.7 Å². The van der Waals surface area contributed by atoms with Gasteiger partial charge in [0.15, 0.2) is 11.6 Å². The number of nitrogens with zero attached hydrogens (tertiary/aromatic N) is 1. The average molecular weight is 389 g/mol. The molecule has 1 aromatic heterocycles. The molecule has 1 heterocycles. The van der Waals surface area contributed by atoms with Crippen molar-refractivity contribution in [3.63, 3.8) is 0 Å². The molecule has 0 saturated carbocycles. The third kappa shape index (κ3) is 4.46. The minimum atomic E-state index is -1.10. The molecule has 0 bridgehead atoms. The maximum atomic E-state index is 13.5. The summed E-state index contributed by atoms with van der Waals surface area (Å²) in [7, 11) is 1.41. The number of fused-ring (bicyclic) bond motifs is 1. The van der Waals surface area contributed by atoms with Gasteiger partial charge in [-0.3, -0.25) is 9.59 Å². The molecule has 0 radical (unpaired) electrons. The molecule has 1 unspecified atom stereocenters. The van der Waals surface area contributed by atoms with Gasteiger partial charge in [0, 0.05) is 19.9 Å². The molecular weight excluding hydrogens is 372 g/mol. The smallest absolute Gasteiger partial charge is 0.246 e. The van der Waals surface area contributed by atoms with E-state index in [0.717, 1.165) is 27.4 Å². The number of thiazole rings is 1. The van der Waals surface area contributed by atoms with Gasteiger partial charge in [-0.05, 0) is 29.8 Å². The Kier molecular flexibility index (Phi) is 5.75. The Morgan fingerprint density at radius 3 is 2.63 bits per heavy atom. The van der Waals surface area contributed by atoms with E-state index in [4.69, 9.17) is 0 Å². The van der Waals surface area contributed by atoms with E-state index in [-0.39, 0.29) is 17.9 Å². The first-order chi connectivity index (χ1) is 13.0. The molecule has 27 heavy (non-hydrogen) atoms. The molecule has 0 saturated heterocycles. The fraction of sp³-hybridized carbons (Fsp3) is 0.211. The standard InChI is InChI=1S/C19H17F2N3O2S/c1-22-19(26)18(11-6-7-12(20)13(21)10-11)24-16(25)8-9-17-23-14-4-2-3-5-15(14)27-17/h2-7,10,18H,8-9H2,1H3,(H,22,26)(H,24,25). The number of rotatable bonds is 6. The van der Waals surface area contributed by atoms with Crippen LogP contribution in [0.4, 0.5) is 8.78 Å². The maximum Gasteiger partial charge on any atom is 0.246 e. The van der Waals surface area contributed by atoms with E-state index < -0.39 is 23.6 Å². The molecule has 2 N–H and O–H groups in total. The second kappa shape index (κ2) is 8.22. The lowest BCUT2D eigenvalue weighted by atomic mass is 10.1. The summed E-state index contributed by atoms with van der Waals surface area (Å²) >= 11 is 1.51. The first-order valence-electron chi connectivity index (χ1n) is 8.28. The normalized spacial score (nSPS) is 12.0. The number of hydrogen-bond acceptors (Lipinski definition) is 4. The number of carbonyl (C=O) groups excluding carboxylic acids is 2. The van der Waals surface area contributed by atoms with E-state index in [1.165, 1.54) is 24.5 Å². The van der Waals surface area contributed by atoms with Gasteiger partial charge in [-0.25, -0.2) is 13.8 Å². The summed E-state index contributed by atoms with van der Waals surface area (Å²) in [6.45, 7) is 0. The molecule has 0 fully saturated rings. The minimum absolute atomic E-state index is 0.122. The van der Waals surface area contributed by atoms with E-state index in [1.54, 1.807) is 0 Å². The number of benzene rings is 2. The second-order valence-corrected chi connectivity index (χ2v) is 6.98. The van der Waals surface area contributed by atoms with Crippen LogP contribution in [-0.4, -0.2) is 23.8 Å². The Balaban J connectivity index is 1.68. The quantitative estimate of drug-likeness (QED) is 0.681. The number of aryl methyl sites for hydroxylation is 1. The number of hydrogen-bond donors (Lipinski definition) is 2. The summed E-state index contributed by atoms with van der Waals surface area (Å²) in [6, 6.07) is 9.68. The Morgan fingerprint density at radius 2 is 1.93 bits per heavy atom. The van der Waals surface area contributed by atoms with Crippen molar-refractivity contribution < 1.29 is 18.4 Å². The fourth-order valence-corrected chi connectivity index (χ4v) is 3.58. The summed E-state index contributed by atoms with van der Waals surface area (Å²) in [5, 5.41) is 5.80. The summed E-state index contributed by atoms with van der Waals surface area (Å²) in [4.78, 5) is 28.9. The van der Waals surface area contributed by atoms with E-state index in [1.807, 2.05) is 24.3 Å². The lowest BCUT2D eigenvalue weighted by Gasteiger charge is -2.18. The monoisotopic (exact) mass is 389 g/mol. The average Bonchev–Trinajstić information content (AvgIpc) is 3.09. The van der Waals surface area contributed by atoms with Crippen molar-refractivity contribution in [2.24, 2.45) is 0 Å². The highest BCUT2D eigenvalue weighted by Crippen LogP contribution is 2.23. The van der Waals surface area contributed by atoms with Crippen molar-refractivity contribution in [1.82, 2.24) is 15.6 Å². The van der Waals surface area contributed by atoms with E-state index >= 15 is 0 Å². The third-order valence-electron chi connectivity index (χ3n) is 4.00. The highest BCUT2D eigenvalue weighted by Gasteiger charge is 2.23. The van der Waals surface area contributed by atoms with E-state index in [0.29, 0.717) is 6.42 Å². The van der Waals surface area contributed by atoms with E-state index in [2.05, 4.69) is 15.6 Å². The Hall–Kier alpha value is -2.87. The summed E-state index contributed by atoms with van der Waals surface area (Å²) < 4.78 is 27.7. The number of carbonyl (C=O) groups is 2. The molecule has 0 spiro atoms. The lowest BCUT2D eigenvalue weighted by Crippen LogP contribution is -2.39. The first-order valence-corrected chi connectivity index (χ1v) is 9.10. The van der Waals surface area contributed by atoms with Crippen LogP contribution < -0.4 is 10.6 Å². The maximum absolute atomic E-state index is 13.5. The molecule has 0 aliphatic carbocycles. The molecule has 2 amide bonds. The molecular formula is C19H17F2N3O2S. The highest BCUT2D eigenvalue weighted by atomic mass is 32.1. The van der Waals surface area contributed by atoms with Crippen LogP contribution in [0, 0.1) is 11.6 Å². The Bertz CT molecular complexity index is 957. The summed E-state index contributed by atoms with van der Waals surface area (Å²) in [6.07, 6.45) is 0.542. The van der Waals surface area contributed by atoms with Crippen LogP contribution in [0.3, 0.4) is 0 Å². The molecule has 3 aromatic rings. The fourth-order valence-electron chi connectivity index (χ4n) is 2.62. The largest absolute Gasteiger partial charge is 0.357 e. The topological polar surface area (TPSA) is 71.1 Å². The summed E-state index contributed by atoms with van der Waals surface area (Å²) in [5.41, 5.74) is 1.05. The number of nitrogens with one attached hydrogen (secondary N) is 2. The van der Waals surface area contributed by atoms with Crippen molar-refractivity contribution in [1.29, 1.82) is 0 Å². The van der Waals surface area contributed by atoms with Crippen molar-refractivity contribution >= 4 is 33.4 Å². The molecule has 0 aliphatic heterocycles. The number of likely N-dealkylation sites (N-methyl/N-ethyl adjacent to an activating group) is 1. The zero-order chi connectivity index (χ0) is 19.4. The van der Waals surface area contributed by atoms with Gasteiger partial charge in [-0.1, -0.05) is 18.2 Å². The van der Waals surface area contributed by atoms with Crippen LogP contribution in [0.15, 0.2) is 42.5 Å². The molecule has 2 aromatic carbocycles. The molecule has 0 aliphatic rings. The number of aromatic nitrogens is 1.